The van der Waals surface area contributed by atoms with Gasteiger partial charge in [0, 0.05) is 11.6 Å². The molecule has 1 aromatic carbocycles. The lowest BCUT2D eigenvalue weighted by molar-refractivity contribution is 0.602. The molecule has 5 nitrogen and oxygen atoms in total. The van der Waals surface area contributed by atoms with E-state index in [-0.39, 0.29) is 5.75 Å². The first-order valence-corrected chi connectivity index (χ1v) is 8.46. The molecule has 0 fully saturated rings. The fraction of sp³-hybridized carbons (Fsp3) is 0.214. The molecular weight excluding hydrogens is 310 g/mol. The monoisotopic (exact) mass is 325 g/mol. The van der Waals surface area contributed by atoms with Crippen molar-refractivity contribution in [2.45, 2.75) is 13.5 Å². The first kappa shape index (κ1) is 15.6. The second-order valence-corrected chi connectivity index (χ2v) is 6.87. The minimum atomic E-state index is -3.27. The first-order valence-electron chi connectivity index (χ1n) is 6.43. The highest BCUT2D eigenvalue weighted by atomic mass is 35.5. The van der Waals surface area contributed by atoms with Crippen LogP contribution in [0.5, 0.6) is 0 Å². The Kier molecular flexibility index (Phi) is 5.03. The number of sulfonamides is 1. The van der Waals surface area contributed by atoms with E-state index in [1.807, 2.05) is 24.3 Å². The number of halogens is 1. The molecule has 0 saturated carbocycles. The molecule has 0 aliphatic heterocycles. The standard InChI is InChI=1S/C14H16ClN3O2S/c1-2-21(19,20)18-13-7-8-14(17-10-13)16-9-11-3-5-12(15)6-4-11/h3-8,10,18H,2,9H2,1H3,(H,16,17). The molecule has 0 spiro atoms. The highest BCUT2D eigenvalue weighted by molar-refractivity contribution is 7.92. The van der Waals surface area contributed by atoms with Crippen LogP contribution in [0.15, 0.2) is 42.6 Å². The van der Waals surface area contributed by atoms with E-state index in [9.17, 15) is 8.42 Å². The zero-order chi connectivity index (χ0) is 15.3. The predicted octanol–water partition coefficient (Wildman–Crippen LogP) is 3.11. The molecule has 0 bridgehead atoms. The Morgan fingerprint density at radius 2 is 1.86 bits per heavy atom. The second kappa shape index (κ2) is 6.78. The molecule has 0 saturated heterocycles. The minimum absolute atomic E-state index is 0.0313. The van der Waals surface area contributed by atoms with Gasteiger partial charge in [0.25, 0.3) is 0 Å². The Bertz CT molecular complexity index is 685. The summed E-state index contributed by atoms with van der Waals surface area (Å²) < 4.78 is 25.3. The molecule has 7 heteroatoms. The summed E-state index contributed by atoms with van der Waals surface area (Å²) in [6.45, 7) is 2.20. The number of rotatable bonds is 6. The number of hydrogen-bond donors (Lipinski definition) is 2. The SMILES string of the molecule is CCS(=O)(=O)Nc1ccc(NCc2ccc(Cl)cc2)nc1. The number of pyridine rings is 1. The fourth-order valence-corrected chi connectivity index (χ4v) is 2.36. The third kappa shape index (κ3) is 4.91. The summed E-state index contributed by atoms with van der Waals surface area (Å²) in [4.78, 5) is 4.17. The molecule has 0 amide bonds. The van der Waals surface area contributed by atoms with Crippen molar-refractivity contribution in [2.24, 2.45) is 0 Å². The van der Waals surface area contributed by atoms with Gasteiger partial charge in [0.15, 0.2) is 0 Å². The van der Waals surface area contributed by atoms with E-state index < -0.39 is 10.0 Å². The molecule has 112 valence electrons. The molecule has 0 radical (unpaired) electrons. The van der Waals surface area contributed by atoms with Gasteiger partial charge in [-0.3, -0.25) is 4.72 Å². The topological polar surface area (TPSA) is 71.1 Å². The smallest absolute Gasteiger partial charge is 0.232 e. The minimum Gasteiger partial charge on any atom is -0.366 e. The van der Waals surface area contributed by atoms with Crippen LogP contribution in [0.1, 0.15) is 12.5 Å². The van der Waals surface area contributed by atoms with Gasteiger partial charge in [-0.25, -0.2) is 13.4 Å². The van der Waals surface area contributed by atoms with Crippen molar-refractivity contribution in [3.63, 3.8) is 0 Å². The van der Waals surface area contributed by atoms with Crippen LogP contribution in [0.2, 0.25) is 5.02 Å². The van der Waals surface area contributed by atoms with Crippen LogP contribution >= 0.6 is 11.6 Å². The van der Waals surface area contributed by atoms with Crippen LogP contribution < -0.4 is 10.0 Å². The van der Waals surface area contributed by atoms with E-state index in [0.717, 1.165) is 5.56 Å². The first-order chi connectivity index (χ1) is 9.98. The predicted molar refractivity (Wildman–Crippen MR) is 86.1 cm³/mol. The van der Waals surface area contributed by atoms with Crippen LogP contribution in [-0.4, -0.2) is 19.2 Å². The summed E-state index contributed by atoms with van der Waals surface area (Å²) in [5.74, 6) is 0.702. The fourth-order valence-electron chi connectivity index (χ4n) is 1.61. The Balaban J connectivity index is 1.95. The van der Waals surface area contributed by atoms with Crippen molar-refractivity contribution >= 4 is 33.1 Å². The van der Waals surface area contributed by atoms with E-state index in [2.05, 4.69) is 15.0 Å². The summed E-state index contributed by atoms with van der Waals surface area (Å²) in [7, 11) is -3.27. The van der Waals surface area contributed by atoms with Gasteiger partial charge in [0.1, 0.15) is 5.82 Å². The second-order valence-electron chi connectivity index (χ2n) is 4.42. The van der Waals surface area contributed by atoms with Crippen LogP contribution in [0.25, 0.3) is 0 Å². The molecule has 0 atom stereocenters. The third-order valence-electron chi connectivity index (χ3n) is 2.80. The van der Waals surface area contributed by atoms with Crippen molar-refractivity contribution in [2.75, 3.05) is 15.8 Å². The Morgan fingerprint density at radius 3 is 2.43 bits per heavy atom. The van der Waals surface area contributed by atoms with Gasteiger partial charge in [0.05, 0.1) is 17.6 Å². The zero-order valence-corrected chi connectivity index (χ0v) is 13.1. The summed E-state index contributed by atoms with van der Waals surface area (Å²) in [6.07, 6.45) is 1.48. The highest BCUT2D eigenvalue weighted by Crippen LogP contribution is 2.14. The lowest BCUT2D eigenvalue weighted by atomic mass is 10.2. The average molecular weight is 326 g/mol. The molecular formula is C14H16ClN3O2S. The maximum Gasteiger partial charge on any atom is 0.232 e. The summed E-state index contributed by atoms with van der Waals surface area (Å²) in [6, 6.07) is 10.9. The number of benzene rings is 1. The van der Waals surface area contributed by atoms with E-state index >= 15 is 0 Å². The quantitative estimate of drug-likeness (QED) is 0.856. The molecule has 1 heterocycles. The normalized spacial score (nSPS) is 11.1. The average Bonchev–Trinajstić information content (AvgIpc) is 2.48. The van der Waals surface area contributed by atoms with Gasteiger partial charge in [-0.2, -0.15) is 0 Å². The molecule has 0 aliphatic rings. The van der Waals surface area contributed by atoms with Crippen LogP contribution in [-0.2, 0) is 16.6 Å². The van der Waals surface area contributed by atoms with Crippen molar-refractivity contribution < 1.29 is 8.42 Å². The van der Waals surface area contributed by atoms with E-state index in [4.69, 9.17) is 11.6 Å². The molecule has 2 N–H and O–H groups in total. The van der Waals surface area contributed by atoms with E-state index in [1.165, 1.54) is 6.20 Å². The summed E-state index contributed by atoms with van der Waals surface area (Å²) in [5, 5.41) is 3.85. The maximum atomic E-state index is 11.4. The van der Waals surface area contributed by atoms with Gasteiger partial charge in [-0.15, -0.1) is 0 Å². The molecule has 0 aliphatic carbocycles. The molecule has 2 rings (SSSR count). The van der Waals surface area contributed by atoms with E-state index in [0.29, 0.717) is 23.1 Å². The Labute approximate surface area is 129 Å². The van der Waals surface area contributed by atoms with Crippen molar-refractivity contribution in [3.05, 3.63) is 53.2 Å². The van der Waals surface area contributed by atoms with Crippen molar-refractivity contribution in [1.82, 2.24) is 4.98 Å². The lowest BCUT2D eigenvalue weighted by Crippen LogP contribution is -2.14. The zero-order valence-electron chi connectivity index (χ0n) is 11.5. The van der Waals surface area contributed by atoms with Gasteiger partial charge in [-0.05, 0) is 36.8 Å². The highest BCUT2D eigenvalue weighted by Gasteiger charge is 2.06. The van der Waals surface area contributed by atoms with Crippen molar-refractivity contribution in [3.8, 4) is 0 Å². The van der Waals surface area contributed by atoms with Gasteiger partial charge in [-0.1, -0.05) is 23.7 Å². The third-order valence-corrected chi connectivity index (χ3v) is 4.36. The maximum absolute atomic E-state index is 11.4. The number of hydrogen-bond acceptors (Lipinski definition) is 4. The van der Waals surface area contributed by atoms with Gasteiger partial charge >= 0.3 is 0 Å². The molecule has 2 aromatic rings. The molecule has 1 aromatic heterocycles. The summed E-state index contributed by atoms with van der Waals surface area (Å²) in [5.41, 5.74) is 1.53. The van der Waals surface area contributed by atoms with Crippen LogP contribution in [0, 0.1) is 0 Å². The van der Waals surface area contributed by atoms with Crippen molar-refractivity contribution in [1.29, 1.82) is 0 Å². The number of anilines is 2. The number of nitrogens with zero attached hydrogens (tertiary/aromatic N) is 1. The largest absolute Gasteiger partial charge is 0.366 e. The Morgan fingerprint density at radius 1 is 1.14 bits per heavy atom. The van der Waals surface area contributed by atoms with Gasteiger partial charge in [0.2, 0.25) is 10.0 Å². The summed E-state index contributed by atoms with van der Waals surface area (Å²) >= 11 is 5.82. The van der Waals surface area contributed by atoms with Crippen LogP contribution in [0.3, 0.4) is 0 Å². The number of aromatic nitrogens is 1. The Hall–Kier alpha value is -1.79. The number of nitrogens with one attached hydrogen (secondary N) is 2. The molecule has 21 heavy (non-hydrogen) atoms. The lowest BCUT2D eigenvalue weighted by Gasteiger charge is -2.08. The van der Waals surface area contributed by atoms with E-state index in [1.54, 1.807) is 19.1 Å². The van der Waals surface area contributed by atoms with Gasteiger partial charge < -0.3 is 5.32 Å². The molecule has 0 unspecified atom stereocenters. The van der Waals surface area contributed by atoms with Crippen LogP contribution in [0.4, 0.5) is 11.5 Å².